The molecule has 0 N–H and O–H groups in total. The van der Waals surface area contributed by atoms with E-state index in [1.807, 2.05) is 6.92 Å². The first kappa shape index (κ1) is 16.3. The fourth-order valence-electron chi connectivity index (χ4n) is 2.17. The predicted octanol–water partition coefficient (Wildman–Crippen LogP) is 2.09. The van der Waals surface area contributed by atoms with Gasteiger partial charge in [-0.15, -0.1) is 0 Å². The minimum Gasteiger partial charge on any atom is -0.466 e. The maximum Gasteiger partial charge on any atom is 0.410 e. The smallest absolute Gasteiger partial charge is 0.410 e. The normalized spacial score (nSPS) is 21.9. The zero-order chi connectivity index (χ0) is 15.0. The van der Waals surface area contributed by atoms with Crippen LogP contribution in [0.1, 0.15) is 39.5 Å². The summed E-state index contributed by atoms with van der Waals surface area (Å²) in [5.41, 5.74) is 0. The van der Waals surface area contributed by atoms with Crippen molar-refractivity contribution in [2.45, 2.75) is 45.6 Å². The second-order valence-electron chi connectivity index (χ2n) is 4.78. The summed E-state index contributed by atoms with van der Waals surface area (Å²) < 4.78 is 10.1. The number of likely N-dealkylation sites (tertiary alicyclic amines) is 1. The fourth-order valence-corrected chi connectivity index (χ4v) is 2.17. The summed E-state index contributed by atoms with van der Waals surface area (Å²) in [4.78, 5) is 25.0. The van der Waals surface area contributed by atoms with Crippen LogP contribution in [0.4, 0.5) is 4.79 Å². The van der Waals surface area contributed by atoms with Crippen LogP contribution in [0.5, 0.6) is 0 Å². The number of hydrogen-bond acceptors (Lipinski definition) is 5. The fraction of sp³-hybridized carbons (Fsp3) is 0.786. The van der Waals surface area contributed by atoms with Crippen LogP contribution in [0.15, 0.2) is 0 Å². The monoisotopic (exact) mass is 282 g/mol. The van der Waals surface area contributed by atoms with Gasteiger partial charge >= 0.3 is 12.1 Å². The lowest BCUT2D eigenvalue weighted by Gasteiger charge is -2.34. The molecule has 6 heteroatoms. The number of amides is 1. The van der Waals surface area contributed by atoms with E-state index >= 15 is 0 Å². The summed E-state index contributed by atoms with van der Waals surface area (Å²) in [6, 6.07) is 1.45. The largest absolute Gasteiger partial charge is 0.466 e. The number of nitrogens with zero attached hydrogens (tertiary/aromatic N) is 2. The van der Waals surface area contributed by atoms with E-state index < -0.39 is 12.1 Å². The van der Waals surface area contributed by atoms with Crippen LogP contribution < -0.4 is 0 Å². The molecule has 0 aromatic heterocycles. The number of nitriles is 1. The number of rotatable bonds is 5. The van der Waals surface area contributed by atoms with Gasteiger partial charge in [0.1, 0.15) is 6.04 Å². The Morgan fingerprint density at radius 1 is 1.35 bits per heavy atom. The summed E-state index contributed by atoms with van der Waals surface area (Å²) in [6.45, 7) is 4.81. The third-order valence-electron chi connectivity index (χ3n) is 3.33. The molecule has 1 amide bonds. The summed E-state index contributed by atoms with van der Waals surface area (Å²) in [5, 5.41) is 9.16. The van der Waals surface area contributed by atoms with Crippen molar-refractivity contribution in [2.75, 3.05) is 19.8 Å². The summed E-state index contributed by atoms with van der Waals surface area (Å²) in [7, 11) is 0. The number of carbonyl (C=O) groups is 2. The molecule has 20 heavy (non-hydrogen) atoms. The van der Waals surface area contributed by atoms with Crippen LogP contribution in [0, 0.1) is 17.2 Å². The molecule has 1 rings (SSSR count). The van der Waals surface area contributed by atoms with E-state index in [0.717, 1.165) is 12.8 Å². The number of hydrogen-bond donors (Lipinski definition) is 0. The molecule has 0 radical (unpaired) electrons. The highest BCUT2D eigenvalue weighted by Gasteiger charge is 2.36. The topological polar surface area (TPSA) is 79.6 Å². The molecule has 1 aliphatic heterocycles. The lowest BCUT2D eigenvalue weighted by Crippen LogP contribution is -2.47. The molecule has 1 aliphatic rings. The molecular weight excluding hydrogens is 260 g/mol. The van der Waals surface area contributed by atoms with E-state index in [2.05, 4.69) is 6.07 Å². The maximum atomic E-state index is 11.9. The van der Waals surface area contributed by atoms with Gasteiger partial charge in [-0.1, -0.05) is 13.3 Å². The van der Waals surface area contributed by atoms with Gasteiger partial charge in [0, 0.05) is 6.54 Å². The second kappa shape index (κ2) is 8.41. The van der Waals surface area contributed by atoms with Crippen molar-refractivity contribution in [3.05, 3.63) is 0 Å². The van der Waals surface area contributed by atoms with Crippen molar-refractivity contribution in [2.24, 2.45) is 5.92 Å². The molecule has 0 aliphatic carbocycles. The molecule has 112 valence electrons. The highest BCUT2D eigenvalue weighted by atomic mass is 16.6. The standard InChI is InChI=1S/C14H22N2O4/c1-3-5-8-20-14(18)16-7-6-11(9-12(16)10-15)13(17)19-4-2/h11-12H,3-9H2,1-2H3. The second-order valence-corrected chi connectivity index (χ2v) is 4.78. The number of piperidine rings is 1. The van der Waals surface area contributed by atoms with Gasteiger partial charge in [-0.05, 0) is 26.2 Å². The number of ether oxygens (including phenoxy) is 2. The molecular formula is C14H22N2O4. The van der Waals surface area contributed by atoms with Gasteiger partial charge in [0.2, 0.25) is 0 Å². The van der Waals surface area contributed by atoms with Gasteiger partial charge < -0.3 is 9.47 Å². The van der Waals surface area contributed by atoms with Crippen molar-refractivity contribution in [1.82, 2.24) is 4.90 Å². The van der Waals surface area contributed by atoms with E-state index in [1.54, 1.807) is 6.92 Å². The Morgan fingerprint density at radius 2 is 2.10 bits per heavy atom. The average Bonchev–Trinajstić information content (AvgIpc) is 2.47. The van der Waals surface area contributed by atoms with Gasteiger partial charge in [0.25, 0.3) is 0 Å². The van der Waals surface area contributed by atoms with Gasteiger partial charge in [-0.3, -0.25) is 9.69 Å². The van der Waals surface area contributed by atoms with Crippen LogP contribution in [0.25, 0.3) is 0 Å². The van der Waals surface area contributed by atoms with Crippen LogP contribution in [-0.2, 0) is 14.3 Å². The van der Waals surface area contributed by atoms with Crippen LogP contribution in [0.3, 0.4) is 0 Å². The van der Waals surface area contributed by atoms with Gasteiger partial charge in [0.05, 0.1) is 25.2 Å². The number of carbonyl (C=O) groups excluding carboxylic acids is 2. The molecule has 1 saturated heterocycles. The van der Waals surface area contributed by atoms with E-state index in [4.69, 9.17) is 14.7 Å². The lowest BCUT2D eigenvalue weighted by molar-refractivity contribution is -0.149. The van der Waals surface area contributed by atoms with Crippen molar-refractivity contribution in [1.29, 1.82) is 5.26 Å². The lowest BCUT2D eigenvalue weighted by atomic mass is 9.92. The molecule has 0 saturated carbocycles. The first-order valence-electron chi connectivity index (χ1n) is 7.13. The summed E-state index contributed by atoms with van der Waals surface area (Å²) in [5.74, 6) is -0.592. The van der Waals surface area contributed by atoms with Crippen molar-refractivity contribution >= 4 is 12.1 Å². The van der Waals surface area contributed by atoms with E-state index in [-0.39, 0.29) is 11.9 Å². The zero-order valence-corrected chi connectivity index (χ0v) is 12.1. The Bertz CT molecular complexity index is 378. The Morgan fingerprint density at radius 3 is 2.70 bits per heavy atom. The van der Waals surface area contributed by atoms with E-state index in [0.29, 0.717) is 32.6 Å². The zero-order valence-electron chi connectivity index (χ0n) is 12.1. The van der Waals surface area contributed by atoms with Crippen molar-refractivity contribution in [3.8, 4) is 6.07 Å². The van der Waals surface area contributed by atoms with Crippen molar-refractivity contribution in [3.63, 3.8) is 0 Å². The Labute approximate surface area is 119 Å². The predicted molar refractivity (Wildman–Crippen MR) is 71.7 cm³/mol. The molecule has 1 fully saturated rings. The Hall–Kier alpha value is -1.77. The summed E-state index contributed by atoms with van der Waals surface area (Å²) >= 11 is 0. The quantitative estimate of drug-likeness (QED) is 0.570. The van der Waals surface area contributed by atoms with Crippen molar-refractivity contribution < 1.29 is 19.1 Å². The molecule has 0 aromatic rings. The SMILES string of the molecule is CCCCOC(=O)N1CCC(C(=O)OCC)CC1C#N. The highest BCUT2D eigenvalue weighted by molar-refractivity contribution is 5.74. The van der Waals surface area contributed by atoms with Gasteiger partial charge in [-0.2, -0.15) is 5.26 Å². The minimum absolute atomic E-state index is 0.285. The Balaban J connectivity index is 2.54. The van der Waals surface area contributed by atoms with E-state index in [1.165, 1.54) is 4.90 Å². The molecule has 2 atom stereocenters. The molecule has 0 bridgehead atoms. The summed E-state index contributed by atoms with van der Waals surface area (Å²) in [6.07, 6.45) is 2.12. The minimum atomic E-state index is -0.618. The highest BCUT2D eigenvalue weighted by Crippen LogP contribution is 2.24. The third kappa shape index (κ3) is 4.41. The third-order valence-corrected chi connectivity index (χ3v) is 3.33. The van der Waals surface area contributed by atoms with Crippen LogP contribution in [0.2, 0.25) is 0 Å². The maximum absolute atomic E-state index is 11.9. The van der Waals surface area contributed by atoms with Crippen LogP contribution >= 0.6 is 0 Å². The molecule has 2 unspecified atom stereocenters. The number of esters is 1. The van der Waals surface area contributed by atoms with Gasteiger partial charge in [0.15, 0.2) is 0 Å². The molecule has 0 spiro atoms. The first-order chi connectivity index (χ1) is 9.63. The molecule has 6 nitrogen and oxygen atoms in total. The number of unbranched alkanes of at least 4 members (excludes halogenated alkanes) is 1. The van der Waals surface area contributed by atoms with E-state index in [9.17, 15) is 9.59 Å². The molecule has 0 aromatic carbocycles. The average molecular weight is 282 g/mol. The van der Waals surface area contributed by atoms with Crippen LogP contribution in [-0.4, -0.2) is 42.8 Å². The van der Waals surface area contributed by atoms with Gasteiger partial charge in [-0.25, -0.2) is 4.79 Å². The first-order valence-corrected chi connectivity index (χ1v) is 7.13. The Kier molecular flexibility index (Phi) is 6.85. The molecule has 1 heterocycles.